The zero-order chi connectivity index (χ0) is 13.0. The zero-order valence-corrected chi connectivity index (χ0v) is 10.1. The number of nitriles is 1. The van der Waals surface area contributed by atoms with Crippen molar-refractivity contribution in [2.24, 2.45) is 0 Å². The molecule has 0 aliphatic carbocycles. The molecule has 1 aromatic heterocycles. The minimum absolute atomic E-state index is 0.266. The van der Waals surface area contributed by atoms with Crippen LogP contribution >= 0.6 is 0 Å². The number of nitrogens with two attached hydrogens (primary N) is 1. The molecule has 0 bridgehead atoms. The lowest BCUT2D eigenvalue weighted by molar-refractivity contribution is 0.465. The van der Waals surface area contributed by atoms with Gasteiger partial charge in [-0.3, -0.25) is 0 Å². The summed E-state index contributed by atoms with van der Waals surface area (Å²) in [5.41, 5.74) is 7.60. The van der Waals surface area contributed by atoms with E-state index in [1.807, 2.05) is 30.3 Å². The predicted octanol–water partition coefficient (Wildman–Crippen LogP) is 2.89. The van der Waals surface area contributed by atoms with Crippen molar-refractivity contribution < 1.29 is 4.74 Å². The standard InChI is InChI=1S/C14H13N3O/c1-2-10-4-3-5-12(8-10)18-14-13(16)11(9-15)6-7-17-14/h3-8H,2,16H2,1H3. The van der Waals surface area contributed by atoms with E-state index in [1.54, 1.807) is 6.07 Å². The largest absolute Gasteiger partial charge is 0.437 e. The highest BCUT2D eigenvalue weighted by Gasteiger charge is 2.08. The lowest BCUT2D eigenvalue weighted by atomic mass is 10.2. The first-order valence-corrected chi connectivity index (χ1v) is 5.66. The molecule has 0 aliphatic rings. The van der Waals surface area contributed by atoms with Crippen LogP contribution in [0.25, 0.3) is 0 Å². The maximum Gasteiger partial charge on any atom is 0.244 e. The summed E-state index contributed by atoms with van der Waals surface area (Å²) in [6.07, 6.45) is 2.44. The molecule has 0 unspecified atom stereocenters. The second-order valence-electron chi connectivity index (χ2n) is 3.79. The molecule has 0 spiro atoms. The number of hydrogen-bond donors (Lipinski definition) is 1. The average molecular weight is 239 g/mol. The lowest BCUT2D eigenvalue weighted by Gasteiger charge is -2.08. The van der Waals surface area contributed by atoms with Crippen LogP contribution < -0.4 is 10.5 Å². The van der Waals surface area contributed by atoms with Gasteiger partial charge in [0.15, 0.2) is 0 Å². The van der Waals surface area contributed by atoms with Crippen molar-refractivity contribution in [2.75, 3.05) is 5.73 Å². The summed E-state index contributed by atoms with van der Waals surface area (Å²) in [6, 6.07) is 11.3. The molecule has 0 atom stereocenters. The highest BCUT2D eigenvalue weighted by Crippen LogP contribution is 2.27. The fraction of sp³-hybridized carbons (Fsp3) is 0.143. The van der Waals surface area contributed by atoms with Crippen LogP contribution in [0.3, 0.4) is 0 Å². The van der Waals surface area contributed by atoms with Crippen LogP contribution in [0.2, 0.25) is 0 Å². The molecule has 1 aromatic carbocycles. The minimum atomic E-state index is 0.266. The summed E-state index contributed by atoms with van der Waals surface area (Å²) in [5, 5.41) is 8.88. The van der Waals surface area contributed by atoms with Gasteiger partial charge in [0.1, 0.15) is 17.5 Å². The van der Waals surface area contributed by atoms with Crippen LogP contribution in [0.4, 0.5) is 5.69 Å². The van der Waals surface area contributed by atoms with Gasteiger partial charge in [-0.15, -0.1) is 0 Å². The first kappa shape index (κ1) is 11.9. The Morgan fingerprint density at radius 2 is 2.22 bits per heavy atom. The van der Waals surface area contributed by atoms with Crippen molar-refractivity contribution in [1.82, 2.24) is 4.98 Å². The molecule has 2 N–H and O–H groups in total. The molecule has 0 amide bonds. The number of nitrogen functional groups attached to an aromatic ring is 1. The summed E-state index contributed by atoms with van der Waals surface area (Å²) < 4.78 is 5.61. The Morgan fingerprint density at radius 3 is 2.94 bits per heavy atom. The van der Waals surface area contributed by atoms with Gasteiger partial charge in [-0.2, -0.15) is 5.26 Å². The highest BCUT2D eigenvalue weighted by molar-refractivity contribution is 5.60. The molecule has 90 valence electrons. The monoisotopic (exact) mass is 239 g/mol. The number of rotatable bonds is 3. The first-order valence-electron chi connectivity index (χ1n) is 5.66. The molecule has 0 fully saturated rings. The molecule has 0 radical (unpaired) electrons. The highest BCUT2D eigenvalue weighted by atomic mass is 16.5. The predicted molar refractivity (Wildman–Crippen MR) is 69.3 cm³/mol. The number of hydrogen-bond acceptors (Lipinski definition) is 4. The van der Waals surface area contributed by atoms with E-state index in [4.69, 9.17) is 15.7 Å². The molecule has 0 saturated heterocycles. The third-order valence-corrected chi connectivity index (χ3v) is 2.60. The average Bonchev–Trinajstić information content (AvgIpc) is 2.41. The summed E-state index contributed by atoms with van der Waals surface area (Å²) >= 11 is 0. The van der Waals surface area contributed by atoms with Crippen LogP contribution in [0.15, 0.2) is 36.5 Å². The second-order valence-corrected chi connectivity index (χ2v) is 3.79. The van der Waals surface area contributed by atoms with Gasteiger partial charge in [0.05, 0.1) is 5.56 Å². The van der Waals surface area contributed by atoms with E-state index in [0.29, 0.717) is 11.3 Å². The van der Waals surface area contributed by atoms with Crippen molar-refractivity contribution in [3.63, 3.8) is 0 Å². The molecular formula is C14H13N3O. The Kier molecular flexibility index (Phi) is 3.44. The number of aromatic nitrogens is 1. The normalized spacial score (nSPS) is 9.78. The van der Waals surface area contributed by atoms with Gasteiger partial charge in [0.25, 0.3) is 0 Å². The number of ether oxygens (including phenoxy) is 1. The molecule has 0 saturated carbocycles. The van der Waals surface area contributed by atoms with Crippen molar-refractivity contribution in [2.45, 2.75) is 13.3 Å². The molecule has 1 heterocycles. The molecule has 2 aromatic rings. The van der Waals surface area contributed by atoms with E-state index in [0.717, 1.165) is 6.42 Å². The van der Waals surface area contributed by atoms with E-state index in [-0.39, 0.29) is 11.6 Å². The summed E-state index contributed by atoms with van der Waals surface area (Å²) in [5.74, 6) is 0.936. The fourth-order valence-electron chi connectivity index (χ4n) is 1.57. The number of pyridine rings is 1. The molecule has 18 heavy (non-hydrogen) atoms. The second kappa shape index (κ2) is 5.19. The van der Waals surface area contributed by atoms with Gasteiger partial charge in [-0.25, -0.2) is 4.98 Å². The van der Waals surface area contributed by atoms with Crippen molar-refractivity contribution in [3.05, 3.63) is 47.7 Å². The summed E-state index contributed by atoms with van der Waals surface area (Å²) in [4.78, 5) is 4.04. The van der Waals surface area contributed by atoms with E-state index in [1.165, 1.54) is 11.8 Å². The number of benzene rings is 1. The van der Waals surface area contributed by atoms with Crippen LogP contribution in [0.5, 0.6) is 11.6 Å². The minimum Gasteiger partial charge on any atom is -0.437 e. The zero-order valence-electron chi connectivity index (χ0n) is 10.1. The number of aryl methyl sites for hydroxylation is 1. The van der Waals surface area contributed by atoms with E-state index in [2.05, 4.69) is 11.9 Å². The van der Waals surface area contributed by atoms with Crippen LogP contribution in [-0.4, -0.2) is 4.98 Å². The SMILES string of the molecule is CCc1cccc(Oc2nccc(C#N)c2N)c1. The van der Waals surface area contributed by atoms with Gasteiger partial charge >= 0.3 is 0 Å². The Bertz CT molecular complexity index is 602. The Labute approximate surface area is 106 Å². The Hall–Kier alpha value is -2.54. The molecule has 2 rings (SSSR count). The van der Waals surface area contributed by atoms with Crippen LogP contribution in [-0.2, 0) is 6.42 Å². The molecule has 4 nitrogen and oxygen atoms in total. The first-order chi connectivity index (χ1) is 8.74. The van der Waals surface area contributed by atoms with E-state index >= 15 is 0 Å². The number of nitrogens with zero attached hydrogens (tertiary/aromatic N) is 2. The van der Waals surface area contributed by atoms with Crippen LogP contribution in [0, 0.1) is 11.3 Å². The Balaban J connectivity index is 2.31. The van der Waals surface area contributed by atoms with Gasteiger partial charge in [0.2, 0.25) is 5.88 Å². The third kappa shape index (κ3) is 2.41. The van der Waals surface area contributed by atoms with Crippen molar-refractivity contribution in [3.8, 4) is 17.7 Å². The lowest BCUT2D eigenvalue weighted by Crippen LogP contribution is -1.98. The smallest absolute Gasteiger partial charge is 0.244 e. The molecular weight excluding hydrogens is 226 g/mol. The number of anilines is 1. The molecule has 0 aliphatic heterocycles. The summed E-state index contributed by atoms with van der Waals surface area (Å²) in [6.45, 7) is 2.07. The van der Waals surface area contributed by atoms with Crippen LogP contribution in [0.1, 0.15) is 18.1 Å². The van der Waals surface area contributed by atoms with E-state index in [9.17, 15) is 0 Å². The maximum atomic E-state index is 8.88. The Morgan fingerprint density at radius 1 is 1.39 bits per heavy atom. The van der Waals surface area contributed by atoms with Crippen molar-refractivity contribution >= 4 is 5.69 Å². The fourth-order valence-corrected chi connectivity index (χ4v) is 1.57. The quantitative estimate of drug-likeness (QED) is 0.893. The third-order valence-electron chi connectivity index (χ3n) is 2.60. The van der Waals surface area contributed by atoms with E-state index < -0.39 is 0 Å². The molecule has 4 heteroatoms. The summed E-state index contributed by atoms with van der Waals surface area (Å²) in [7, 11) is 0. The van der Waals surface area contributed by atoms with Gasteiger partial charge in [-0.1, -0.05) is 19.1 Å². The topological polar surface area (TPSA) is 71.9 Å². The maximum absolute atomic E-state index is 8.88. The van der Waals surface area contributed by atoms with Gasteiger partial charge < -0.3 is 10.5 Å². The van der Waals surface area contributed by atoms with Gasteiger partial charge in [-0.05, 0) is 30.2 Å². The van der Waals surface area contributed by atoms with Gasteiger partial charge in [0, 0.05) is 6.20 Å². The van der Waals surface area contributed by atoms with Crippen molar-refractivity contribution in [1.29, 1.82) is 5.26 Å².